The molecule has 0 bridgehead atoms. The Morgan fingerprint density at radius 3 is 2.20 bits per heavy atom. The number of aromatic nitrogens is 1. The Labute approximate surface area is 86.4 Å². The highest BCUT2D eigenvalue weighted by Crippen LogP contribution is 2.31. The Morgan fingerprint density at radius 1 is 1.20 bits per heavy atom. The van der Waals surface area contributed by atoms with E-state index in [-0.39, 0.29) is 17.3 Å². The van der Waals surface area contributed by atoms with Crippen molar-refractivity contribution in [2.75, 3.05) is 21.3 Å². The predicted octanol–water partition coefficient (Wildman–Crippen LogP) is 0.806. The second-order valence-electron chi connectivity index (χ2n) is 2.56. The zero-order valence-electron chi connectivity index (χ0n) is 8.60. The summed E-state index contributed by atoms with van der Waals surface area (Å²) in [6, 6.07) is 1.41. The maximum Gasteiger partial charge on any atom is 0.358 e. The van der Waals surface area contributed by atoms with E-state index >= 15 is 0 Å². The fourth-order valence-corrected chi connectivity index (χ4v) is 1.06. The van der Waals surface area contributed by atoms with Gasteiger partial charge in [-0.15, -0.1) is 0 Å². The molecule has 6 nitrogen and oxygen atoms in total. The molecule has 1 rings (SSSR count). The maximum absolute atomic E-state index is 10.8. The fraction of sp³-hybridized carbons (Fsp3) is 0.333. The van der Waals surface area contributed by atoms with Crippen LogP contribution in [0.1, 0.15) is 10.5 Å². The van der Waals surface area contributed by atoms with Gasteiger partial charge < -0.3 is 19.3 Å². The minimum atomic E-state index is -1.19. The zero-order chi connectivity index (χ0) is 11.4. The molecule has 82 valence electrons. The fourth-order valence-electron chi connectivity index (χ4n) is 1.06. The van der Waals surface area contributed by atoms with E-state index in [4.69, 9.17) is 19.3 Å². The van der Waals surface area contributed by atoms with Gasteiger partial charge in [0.25, 0.3) is 5.88 Å². The highest BCUT2D eigenvalue weighted by molar-refractivity contribution is 5.89. The minimum Gasteiger partial charge on any atom is -0.494 e. The quantitative estimate of drug-likeness (QED) is 0.797. The van der Waals surface area contributed by atoms with Gasteiger partial charge in [0.1, 0.15) is 0 Å². The third-order valence-corrected chi connectivity index (χ3v) is 1.76. The van der Waals surface area contributed by atoms with Gasteiger partial charge in [-0.05, 0) is 0 Å². The second kappa shape index (κ2) is 4.50. The van der Waals surface area contributed by atoms with E-state index in [1.165, 1.54) is 27.4 Å². The molecule has 0 atom stereocenters. The van der Waals surface area contributed by atoms with E-state index in [2.05, 4.69) is 4.98 Å². The van der Waals surface area contributed by atoms with E-state index in [1.54, 1.807) is 0 Å². The summed E-state index contributed by atoms with van der Waals surface area (Å²) in [5, 5.41) is 8.84. The first-order valence-electron chi connectivity index (χ1n) is 4.04. The van der Waals surface area contributed by atoms with Crippen LogP contribution in [0.15, 0.2) is 6.07 Å². The van der Waals surface area contributed by atoms with Crippen LogP contribution in [-0.2, 0) is 0 Å². The molecule has 0 fully saturated rings. The summed E-state index contributed by atoms with van der Waals surface area (Å²) in [5.41, 5.74) is -0.213. The van der Waals surface area contributed by atoms with Crippen molar-refractivity contribution in [1.29, 1.82) is 0 Å². The summed E-state index contributed by atoms with van der Waals surface area (Å²) in [6.45, 7) is 0. The van der Waals surface area contributed by atoms with Crippen LogP contribution in [0.4, 0.5) is 0 Å². The number of carboxylic acid groups (broad SMARTS) is 1. The molecule has 0 spiro atoms. The Balaban J connectivity index is 3.34. The van der Waals surface area contributed by atoms with Crippen LogP contribution < -0.4 is 14.2 Å². The molecule has 15 heavy (non-hydrogen) atoms. The first-order chi connectivity index (χ1) is 7.13. The van der Waals surface area contributed by atoms with E-state index in [9.17, 15) is 4.79 Å². The van der Waals surface area contributed by atoms with Gasteiger partial charge in [-0.2, -0.15) is 4.98 Å². The second-order valence-corrected chi connectivity index (χ2v) is 2.56. The van der Waals surface area contributed by atoms with Crippen LogP contribution in [-0.4, -0.2) is 37.4 Å². The Kier molecular flexibility index (Phi) is 3.33. The molecule has 0 aromatic carbocycles. The molecule has 0 saturated heterocycles. The number of pyridine rings is 1. The molecule has 0 aliphatic heterocycles. The standard InChI is InChI=1S/C9H11NO5/c1-13-5-4-6(14-2)8(15-3)10-7(5)9(11)12/h4H,1-3H3,(H,11,12). The summed E-state index contributed by atoms with van der Waals surface area (Å²) in [7, 11) is 4.16. The monoisotopic (exact) mass is 213 g/mol. The number of methoxy groups -OCH3 is 3. The van der Waals surface area contributed by atoms with Gasteiger partial charge in [0.15, 0.2) is 17.2 Å². The highest BCUT2D eigenvalue weighted by Gasteiger charge is 2.18. The lowest BCUT2D eigenvalue weighted by Gasteiger charge is -2.10. The molecule has 6 heteroatoms. The summed E-state index contributed by atoms with van der Waals surface area (Å²) in [6.07, 6.45) is 0. The van der Waals surface area contributed by atoms with Crippen LogP contribution in [0.2, 0.25) is 0 Å². The van der Waals surface area contributed by atoms with Crippen LogP contribution in [0, 0.1) is 0 Å². The average molecular weight is 213 g/mol. The van der Waals surface area contributed by atoms with E-state index in [0.29, 0.717) is 5.75 Å². The Bertz CT molecular complexity index is 377. The smallest absolute Gasteiger partial charge is 0.358 e. The van der Waals surface area contributed by atoms with Crippen molar-refractivity contribution in [1.82, 2.24) is 4.98 Å². The van der Waals surface area contributed by atoms with Gasteiger partial charge in [0.2, 0.25) is 0 Å². The lowest BCUT2D eigenvalue weighted by molar-refractivity contribution is 0.0685. The topological polar surface area (TPSA) is 77.9 Å². The molecule has 0 unspecified atom stereocenters. The summed E-state index contributed by atoms with van der Waals surface area (Å²) in [5.74, 6) is -0.636. The molecular formula is C9H11NO5. The Morgan fingerprint density at radius 2 is 1.80 bits per heavy atom. The van der Waals surface area contributed by atoms with Crippen molar-refractivity contribution in [2.24, 2.45) is 0 Å². The van der Waals surface area contributed by atoms with E-state index < -0.39 is 5.97 Å². The van der Waals surface area contributed by atoms with Gasteiger partial charge in [-0.1, -0.05) is 0 Å². The lowest BCUT2D eigenvalue weighted by Crippen LogP contribution is -2.06. The van der Waals surface area contributed by atoms with Crippen LogP contribution in [0.25, 0.3) is 0 Å². The Hall–Kier alpha value is -1.98. The minimum absolute atomic E-state index is 0.107. The van der Waals surface area contributed by atoms with Crippen molar-refractivity contribution in [3.63, 3.8) is 0 Å². The molecule has 0 saturated carbocycles. The number of carboxylic acids is 1. The molecule has 0 aliphatic rings. The van der Waals surface area contributed by atoms with E-state index in [0.717, 1.165) is 0 Å². The number of carbonyl (C=O) groups is 1. The van der Waals surface area contributed by atoms with Crippen molar-refractivity contribution in [3.8, 4) is 17.4 Å². The molecule has 0 aliphatic carbocycles. The predicted molar refractivity (Wildman–Crippen MR) is 50.9 cm³/mol. The van der Waals surface area contributed by atoms with Crippen molar-refractivity contribution >= 4 is 5.97 Å². The molecular weight excluding hydrogens is 202 g/mol. The van der Waals surface area contributed by atoms with Gasteiger partial charge in [-0.3, -0.25) is 0 Å². The number of rotatable bonds is 4. The third-order valence-electron chi connectivity index (χ3n) is 1.76. The van der Waals surface area contributed by atoms with Crippen molar-refractivity contribution in [2.45, 2.75) is 0 Å². The van der Waals surface area contributed by atoms with Gasteiger partial charge in [0.05, 0.1) is 21.3 Å². The van der Waals surface area contributed by atoms with Gasteiger partial charge >= 0.3 is 5.97 Å². The first-order valence-corrected chi connectivity index (χ1v) is 4.04. The molecule has 1 aromatic heterocycles. The van der Waals surface area contributed by atoms with Crippen LogP contribution >= 0.6 is 0 Å². The molecule has 1 heterocycles. The lowest BCUT2D eigenvalue weighted by atomic mass is 10.3. The van der Waals surface area contributed by atoms with Crippen molar-refractivity contribution in [3.05, 3.63) is 11.8 Å². The number of aromatic carboxylic acids is 1. The normalized spacial score (nSPS) is 9.53. The SMILES string of the molecule is COc1cc(OC)c(C(=O)O)nc1OC. The van der Waals surface area contributed by atoms with Crippen LogP contribution in [0.3, 0.4) is 0 Å². The first kappa shape index (κ1) is 11.1. The molecule has 1 aromatic rings. The average Bonchev–Trinajstić information content (AvgIpc) is 2.26. The maximum atomic E-state index is 10.8. The van der Waals surface area contributed by atoms with Crippen molar-refractivity contribution < 1.29 is 24.1 Å². The largest absolute Gasteiger partial charge is 0.494 e. The molecule has 0 radical (unpaired) electrons. The molecule has 1 N–H and O–H groups in total. The number of ether oxygens (including phenoxy) is 3. The number of hydrogen-bond acceptors (Lipinski definition) is 5. The number of hydrogen-bond donors (Lipinski definition) is 1. The summed E-state index contributed by atoms with van der Waals surface area (Å²) < 4.78 is 14.7. The van der Waals surface area contributed by atoms with E-state index in [1.807, 2.05) is 0 Å². The van der Waals surface area contributed by atoms with Gasteiger partial charge in [0, 0.05) is 6.07 Å². The zero-order valence-corrected chi connectivity index (χ0v) is 8.60. The third kappa shape index (κ3) is 2.09. The molecule has 0 amide bonds. The van der Waals surface area contributed by atoms with Gasteiger partial charge in [-0.25, -0.2) is 4.79 Å². The number of nitrogens with zero attached hydrogens (tertiary/aromatic N) is 1. The van der Waals surface area contributed by atoms with Crippen LogP contribution in [0.5, 0.6) is 17.4 Å². The highest BCUT2D eigenvalue weighted by atomic mass is 16.5. The summed E-state index contributed by atoms with van der Waals surface area (Å²) >= 11 is 0. The summed E-state index contributed by atoms with van der Waals surface area (Å²) in [4.78, 5) is 14.6.